The molecule has 4 rings (SSSR count). The van der Waals surface area contributed by atoms with Gasteiger partial charge in [-0.1, -0.05) is 6.92 Å². The lowest BCUT2D eigenvalue weighted by molar-refractivity contribution is 0.0653. The number of piperidine rings is 1. The number of carbonyl (C=O) groups excluding carboxylic acids is 2. The summed E-state index contributed by atoms with van der Waals surface area (Å²) in [6.45, 7) is 3.83. The Hall–Kier alpha value is -2.57. The molecule has 1 unspecified atom stereocenters. The number of aromatic nitrogens is 1. The Kier molecular flexibility index (Phi) is 4.30. The van der Waals surface area contributed by atoms with Gasteiger partial charge in [-0.3, -0.25) is 4.79 Å². The lowest BCUT2D eigenvalue weighted by Gasteiger charge is -2.35. The molecule has 2 aromatic rings. The third-order valence-electron chi connectivity index (χ3n) is 5.36. The predicted octanol–water partition coefficient (Wildman–Crippen LogP) is 3.14. The number of cyclic esters (lactones) is 1. The summed E-state index contributed by atoms with van der Waals surface area (Å²) in [7, 11) is 0. The number of carbonyl (C=O) groups is 2. The molecule has 2 saturated heterocycles. The van der Waals surface area contributed by atoms with Gasteiger partial charge in [0.15, 0.2) is 0 Å². The first-order valence-corrected chi connectivity index (χ1v) is 9.10. The number of hydrogen-bond donors (Lipinski definition) is 1. The summed E-state index contributed by atoms with van der Waals surface area (Å²) in [5, 5.41) is 0.689. The van der Waals surface area contributed by atoms with E-state index in [1.165, 1.54) is 12.1 Å². The van der Waals surface area contributed by atoms with E-state index in [1.54, 1.807) is 17.0 Å². The third kappa shape index (κ3) is 3.02. The van der Waals surface area contributed by atoms with Gasteiger partial charge in [0, 0.05) is 30.0 Å². The summed E-state index contributed by atoms with van der Waals surface area (Å²) < 4.78 is 18.7. The van der Waals surface area contributed by atoms with Crippen molar-refractivity contribution in [3.8, 4) is 0 Å². The fourth-order valence-electron chi connectivity index (χ4n) is 3.82. The molecule has 2 amide bonds. The van der Waals surface area contributed by atoms with Crippen molar-refractivity contribution in [3.05, 3.63) is 35.8 Å². The Labute approximate surface area is 150 Å². The molecule has 0 aliphatic carbocycles. The molecule has 26 heavy (non-hydrogen) atoms. The molecular formula is C19H22FN3O3. The van der Waals surface area contributed by atoms with E-state index >= 15 is 0 Å². The Morgan fingerprint density at radius 1 is 1.31 bits per heavy atom. The molecule has 0 spiro atoms. The maximum absolute atomic E-state index is 13.3. The number of halogens is 1. The first-order chi connectivity index (χ1) is 12.5. The minimum absolute atomic E-state index is 0.0195. The summed E-state index contributed by atoms with van der Waals surface area (Å²) in [6.07, 6.45) is 2.05. The zero-order valence-electron chi connectivity index (χ0n) is 14.7. The van der Waals surface area contributed by atoms with Crippen molar-refractivity contribution < 1.29 is 18.7 Å². The average Bonchev–Trinajstić information content (AvgIpc) is 3.24. The number of H-pyrrole nitrogens is 1. The molecular weight excluding hydrogens is 337 g/mol. The van der Waals surface area contributed by atoms with Crippen LogP contribution in [0.5, 0.6) is 0 Å². The number of nitrogens with one attached hydrogen (secondary N) is 1. The molecule has 0 bridgehead atoms. The van der Waals surface area contributed by atoms with E-state index in [2.05, 4.69) is 4.98 Å². The second-order valence-corrected chi connectivity index (χ2v) is 7.00. The van der Waals surface area contributed by atoms with Crippen molar-refractivity contribution in [2.24, 2.45) is 0 Å². The van der Waals surface area contributed by atoms with Gasteiger partial charge in [-0.2, -0.15) is 0 Å². The van der Waals surface area contributed by atoms with Crippen LogP contribution in [0.1, 0.15) is 36.7 Å². The van der Waals surface area contributed by atoms with Gasteiger partial charge in [-0.25, -0.2) is 9.18 Å². The Bertz CT molecular complexity index is 842. The van der Waals surface area contributed by atoms with E-state index in [0.29, 0.717) is 30.7 Å². The highest BCUT2D eigenvalue weighted by Crippen LogP contribution is 2.25. The number of benzene rings is 1. The summed E-state index contributed by atoms with van der Waals surface area (Å²) in [4.78, 5) is 31.4. The maximum Gasteiger partial charge on any atom is 0.410 e. The number of amides is 2. The number of fused-ring (bicyclic) bond motifs is 1. The van der Waals surface area contributed by atoms with Crippen LogP contribution >= 0.6 is 0 Å². The van der Waals surface area contributed by atoms with Crippen molar-refractivity contribution >= 4 is 22.9 Å². The van der Waals surface area contributed by atoms with Crippen molar-refractivity contribution in [1.29, 1.82) is 0 Å². The van der Waals surface area contributed by atoms with Crippen LogP contribution < -0.4 is 0 Å². The first-order valence-electron chi connectivity index (χ1n) is 9.10. The molecule has 3 heterocycles. The van der Waals surface area contributed by atoms with E-state index in [4.69, 9.17) is 4.74 Å². The Morgan fingerprint density at radius 2 is 2.08 bits per heavy atom. The highest BCUT2D eigenvalue weighted by Gasteiger charge is 2.37. The molecule has 1 aromatic heterocycles. The van der Waals surface area contributed by atoms with Crippen LogP contribution in [0.25, 0.3) is 10.9 Å². The molecule has 1 aromatic carbocycles. The van der Waals surface area contributed by atoms with E-state index in [-0.39, 0.29) is 30.0 Å². The van der Waals surface area contributed by atoms with Crippen LogP contribution in [0, 0.1) is 5.82 Å². The standard InChI is InChI=1S/C19H22FN3O3/c1-2-15-11-23(19(25)26-15)14-5-7-22(8-6-14)18(24)17-10-12-9-13(20)3-4-16(12)21-17/h3-4,9-10,14-15,21H,2,5-8,11H2,1H3. The zero-order chi connectivity index (χ0) is 18.3. The topological polar surface area (TPSA) is 65.6 Å². The van der Waals surface area contributed by atoms with Crippen LogP contribution in [-0.4, -0.2) is 58.6 Å². The average molecular weight is 359 g/mol. The van der Waals surface area contributed by atoms with Crippen LogP contribution in [-0.2, 0) is 4.74 Å². The summed E-state index contributed by atoms with van der Waals surface area (Å²) in [5.74, 6) is -0.408. The van der Waals surface area contributed by atoms with E-state index in [9.17, 15) is 14.0 Å². The number of ether oxygens (including phenoxy) is 1. The molecule has 2 aliphatic heterocycles. The molecule has 7 heteroatoms. The number of rotatable bonds is 3. The largest absolute Gasteiger partial charge is 0.444 e. The molecule has 0 radical (unpaired) electrons. The van der Waals surface area contributed by atoms with E-state index in [1.807, 2.05) is 11.8 Å². The first kappa shape index (κ1) is 16.9. The third-order valence-corrected chi connectivity index (χ3v) is 5.36. The normalized spacial score (nSPS) is 21.5. The van der Waals surface area contributed by atoms with Crippen molar-refractivity contribution in [2.45, 2.75) is 38.3 Å². The molecule has 6 nitrogen and oxygen atoms in total. The lowest BCUT2D eigenvalue weighted by atomic mass is 10.0. The van der Waals surface area contributed by atoms with Crippen molar-refractivity contribution in [2.75, 3.05) is 19.6 Å². The fraction of sp³-hybridized carbons (Fsp3) is 0.474. The fourth-order valence-corrected chi connectivity index (χ4v) is 3.82. The SMILES string of the molecule is CCC1CN(C2CCN(C(=O)c3cc4cc(F)ccc4[nH]3)CC2)C(=O)O1. The molecule has 138 valence electrons. The lowest BCUT2D eigenvalue weighted by Crippen LogP contribution is -2.47. The van der Waals surface area contributed by atoms with Crippen molar-refractivity contribution in [1.82, 2.24) is 14.8 Å². The van der Waals surface area contributed by atoms with Crippen LogP contribution in [0.2, 0.25) is 0 Å². The van der Waals surface area contributed by atoms with Crippen LogP contribution in [0.15, 0.2) is 24.3 Å². The van der Waals surface area contributed by atoms with Gasteiger partial charge in [0.05, 0.1) is 6.54 Å². The highest BCUT2D eigenvalue weighted by atomic mass is 19.1. The molecule has 1 atom stereocenters. The van der Waals surface area contributed by atoms with E-state index in [0.717, 1.165) is 24.8 Å². The van der Waals surface area contributed by atoms with Crippen LogP contribution in [0.4, 0.5) is 9.18 Å². The number of hydrogen-bond acceptors (Lipinski definition) is 3. The van der Waals surface area contributed by atoms with Gasteiger partial charge in [-0.15, -0.1) is 0 Å². The summed E-state index contributed by atoms with van der Waals surface area (Å²) >= 11 is 0. The highest BCUT2D eigenvalue weighted by molar-refractivity contribution is 5.98. The second-order valence-electron chi connectivity index (χ2n) is 7.00. The smallest absolute Gasteiger partial charge is 0.410 e. The predicted molar refractivity (Wildman–Crippen MR) is 94.4 cm³/mol. The van der Waals surface area contributed by atoms with Gasteiger partial charge in [0.25, 0.3) is 5.91 Å². The van der Waals surface area contributed by atoms with Gasteiger partial charge < -0.3 is 19.5 Å². The summed E-state index contributed by atoms with van der Waals surface area (Å²) in [6, 6.07) is 6.24. The number of likely N-dealkylation sites (tertiary alicyclic amines) is 1. The Morgan fingerprint density at radius 3 is 2.77 bits per heavy atom. The quantitative estimate of drug-likeness (QED) is 0.916. The van der Waals surface area contributed by atoms with Crippen molar-refractivity contribution in [3.63, 3.8) is 0 Å². The molecule has 1 N–H and O–H groups in total. The maximum atomic E-state index is 13.3. The van der Waals surface area contributed by atoms with Gasteiger partial charge in [0.1, 0.15) is 17.6 Å². The van der Waals surface area contributed by atoms with Gasteiger partial charge >= 0.3 is 6.09 Å². The number of aromatic amines is 1. The zero-order valence-corrected chi connectivity index (χ0v) is 14.7. The van der Waals surface area contributed by atoms with E-state index < -0.39 is 0 Å². The second kappa shape index (κ2) is 6.63. The minimum Gasteiger partial charge on any atom is -0.444 e. The molecule has 0 saturated carbocycles. The molecule has 2 aliphatic rings. The number of nitrogens with zero attached hydrogens (tertiary/aromatic N) is 2. The van der Waals surface area contributed by atoms with Crippen LogP contribution in [0.3, 0.4) is 0 Å². The molecule has 2 fully saturated rings. The monoisotopic (exact) mass is 359 g/mol. The minimum atomic E-state index is -0.320. The van der Waals surface area contributed by atoms with Gasteiger partial charge in [0.2, 0.25) is 0 Å². The van der Waals surface area contributed by atoms with Gasteiger partial charge in [-0.05, 0) is 43.5 Å². The summed E-state index contributed by atoms with van der Waals surface area (Å²) in [5.41, 5.74) is 1.21. The Balaban J connectivity index is 1.41.